The molecule has 0 unspecified atom stereocenters. The molecule has 0 fully saturated rings. The molecule has 0 atom stereocenters. The normalized spacial score (nSPS) is 10.5. The number of hydrogen-bond acceptors (Lipinski definition) is 4. The Labute approximate surface area is 157 Å². The van der Waals surface area contributed by atoms with Crippen LogP contribution in [0.1, 0.15) is 28.8 Å². The molecule has 2 aromatic carbocycles. The minimum absolute atomic E-state index is 0.221. The molecular weight excluding hydrogens is 354 g/mol. The fourth-order valence-corrected chi connectivity index (χ4v) is 2.34. The van der Waals surface area contributed by atoms with E-state index in [0.717, 1.165) is 11.3 Å². The average molecular weight is 374 g/mol. The second-order valence-corrected chi connectivity index (χ2v) is 5.81. The molecule has 2 amide bonds. The zero-order valence-electron chi connectivity index (χ0n) is 14.4. The Morgan fingerprint density at radius 3 is 2.58 bits per heavy atom. The highest BCUT2D eigenvalue weighted by molar-refractivity contribution is 6.33. The third kappa shape index (κ3) is 6.22. The summed E-state index contributed by atoms with van der Waals surface area (Å²) in [5.41, 5.74) is 3.72. The minimum Gasteiger partial charge on any atom is -0.497 e. The van der Waals surface area contributed by atoms with E-state index in [0.29, 0.717) is 23.6 Å². The Morgan fingerprint density at radius 1 is 1.15 bits per heavy atom. The van der Waals surface area contributed by atoms with Crippen LogP contribution >= 0.6 is 11.6 Å². The van der Waals surface area contributed by atoms with Crippen molar-refractivity contribution in [2.45, 2.75) is 12.8 Å². The summed E-state index contributed by atoms with van der Waals surface area (Å²) in [4.78, 5) is 23.7. The molecule has 0 aliphatic carbocycles. The third-order valence-electron chi connectivity index (χ3n) is 3.50. The van der Waals surface area contributed by atoms with Gasteiger partial charge in [0.15, 0.2) is 0 Å². The predicted molar refractivity (Wildman–Crippen MR) is 102 cm³/mol. The topological polar surface area (TPSA) is 79.8 Å². The summed E-state index contributed by atoms with van der Waals surface area (Å²) in [7, 11) is 1.60. The maximum atomic E-state index is 12.0. The van der Waals surface area contributed by atoms with Crippen molar-refractivity contribution in [1.29, 1.82) is 0 Å². The highest BCUT2D eigenvalue weighted by Crippen LogP contribution is 2.14. The van der Waals surface area contributed by atoms with Crippen molar-refractivity contribution in [3.63, 3.8) is 0 Å². The van der Waals surface area contributed by atoms with E-state index in [1.807, 2.05) is 24.3 Å². The number of benzene rings is 2. The number of carbonyl (C=O) groups is 2. The molecule has 136 valence electrons. The largest absolute Gasteiger partial charge is 0.497 e. The number of nitrogens with zero attached hydrogens (tertiary/aromatic N) is 1. The van der Waals surface area contributed by atoms with Crippen LogP contribution in [0.15, 0.2) is 53.6 Å². The van der Waals surface area contributed by atoms with Gasteiger partial charge >= 0.3 is 0 Å². The van der Waals surface area contributed by atoms with Gasteiger partial charge in [0.05, 0.1) is 23.9 Å². The van der Waals surface area contributed by atoms with Crippen molar-refractivity contribution in [1.82, 2.24) is 10.7 Å². The van der Waals surface area contributed by atoms with Crippen molar-refractivity contribution in [3.05, 3.63) is 64.7 Å². The quantitative estimate of drug-likeness (QED) is 0.424. The van der Waals surface area contributed by atoms with Crippen LogP contribution in [-0.4, -0.2) is 31.7 Å². The Bertz CT molecular complexity index is 776. The molecule has 2 rings (SSSR count). The van der Waals surface area contributed by atoms with E-state index in [1.54, 1.807) is 37.6 Å². The molecule has 0 aliphatic rings. The van der Waals surface area contributed by atoms with Gasteiger partial charge in [-0.25, -0.2) is 5.43 Å². The molecule has 6 nitrogen and oxygen atoms in total. The summed E-state index contributed by atoms with van der Waals surface area (Å²) >= 11 is 5.96. The van der Waals surface area contributed by atoms with Crippen LogP contribution < -0.4 is 15.5 Å². The van der Waals surface area contributed by atoms with Crippen molar-refractivity contribution < 1.29 is 14.3 Å². The van der Waals surface area contributed by atoms with E-state index < -0.39 is 0 Å². The summed E-state index contributed by atoms with van der Waals surface area (Å²) in [6.07, 6.45) is 2.30. The molecule has 2 N–H and O–H groups in total. The van der Waals surface area contributed by atoms with Gasteiger partial charge in [-0.05, 0) is 48.4 Å². The number of ether oxygens (including phenoxy) is 1. The van der Waals surface area contributed by atoms with Crippen LogP contribution in [0.4, 0.5) is 0 Å². The molecule has 26 heavy (non-hydrogen) atoms. The van der Waals surface area contributed by atoms with Gasteiger partial charge in [-0.1, -0.05) is 23.7 Å². The molecule has 0 aliphatic heterocycles. The van der Waals surface area contributed by atoms with Gasteiger partial charge in [-0.2, -0.15) is 5.10 Å². The Hall–Kier alpha value is -2.86. The van der Waals surface area contributed by atoms with E-state index in [4.69, 9.17) is 16.3 Å². The van der Waals surface area contributed by atoms with Crippen LogP contribution in [0.2, 0.25) is 5.02 Å². The summed E-state index contributed by atoms with van der Waals surface area (Å²) in [5.74, 6) is 0.278. The van der Waals surface area contributed by atoms with Crippen LogP contribution in [0.3, 0.4) is 0 Å². The number of methoxy groups -OCH3 is 1. The highest BCUT2D eigenvalue weighted by atomic mass is 35.5. The van der Waals surface area contributed by atoms with Crippen LogP contribution in [0, 0.1) is 0 Å². The van der Waals surface area contributed by atoms with Crippen molar-refractivity contribution >= 4 is 29.6 Å². The first-order valence-corrected chi connectivity index (χ1v) is 8.46. The number of hydrazone groups is 1. The van der Waals surface area contributed by atoms with Crippen LogP contribution in [-0.2, 0) is 4.79 Å². The van der Waals surface area contributed by atoms with Gasteiger partial charge in [-0.3, -0.25) is 9.59 Å². The summed E-state index contributed by atoms with van der Waals surface area (Å²) in [6.45, 7) is 0.375. The summed E-state index contributed by atoms with van der Waals surface area (Å²) < 4.78 is 5.07. The van der Waals surface area contributed by atoms with Gasteiger partial charge in [0, 0.05) is 13.0 Å². The van der Waals surface area contributed by atoms with E-state index in [1.165, 1.54) is 0 Å². The number of rotatable bonds is 8. The zero-order valence-corrected chi connectivity index (χ0v) is 15.1. The monoisotopic (exact) mass is 373 g/mol. The van der Waals surface area contributed by atoms with Crippen molar-refractivity contribution in [2.75, 3.05) is 13.7 Å². The lowest BCUT2D eigenvalue weighted by atomic mass is 10.2. The molecule has 0 saturated heterocycles. The standard InChI is InChI=1S/C19H20ClN3O3/c1-26-15-10-8-14(9-11-15)13-22-23-18(24)7-4-12-21-19(25)16-5-2-3-6-17(16)20/h2-3,5-6,8-11,13H,4,7,12H2,1H3,(H,21,25)(H,23,24)/b22-13+. The molecule has 0 heterocycles. The van der Waals surface area contributed by atoms with Crippen LogP contribution in [0.5, 0.6) is 5.75 Å². The average Bonchev–Trinajstić information content (AvgIpc) is 2.66. The SMILES string of the molecule is COc1ccc(/C=N/NC(=O)CCCNC(=O)c2ccccc2Cl)cc1. The zero-order chi connectivity index (χ0) is 18.8. The van der Waals surface area contributed by atoms with Crippen molar-refractivity contribution in [2.24, 2.45) is 5.10 Å². The van der Waals surface area contributed by atoms with Gasteiger partial charge in [0.2, 0.25) is 5.91 Å². The fourth-order valence-electron chi connectivity index (χ4n) is 2.12. The number of amides is 2. The predicted octanol–water partition coefficient (Wildman–Crippen LogP) is 3.01. The summed E-state index contributed by atoms with van der Waals surface area (Å²) in [6, 6.07) is 14.1. The maximum absolute atomic E-state index is 12.0. The first-order valence-electron chi connectivity index (χ1n) is 8.09. The molecule has 0 bridgehead atoms. The Kier molecular flexibility index (Phi) is 7.64. The minimum atomic E-state index is -0.256. The number of nitrogens with one attached hydrogen (secondary N) is 2. The Morgan fingerprint density at radius 2 is 1.88 bits per heavy atom. The van der Waals surface area contributed by atoms with Gasteiger partial charge in [0.1, 0.15) is 5.75 Å². The number of carbonyl (C=O) groups excluding carboxylic acids is 2. The van der Waals surface area contributed by atoms with Gasteiger partial charge in [0.25, 0.3) is 5.91 Å². The van der Waals surface area contributed by atoms with E-state index in [-0.39, 0.29) is 18.2 Å². The number of halogens is 1. The molecule has 0 spiro atoms. The lowest BCUT2D eigenvalue weighted by molar-refractivity contribution is -0.121. The summed E-state index contributed by atoms with van der Waals surface area (Å²) in [5, 5.41) is 7.03. The second-order valence-electron chi connectivity index (χ2n) is 5.41. The Balaban J connectivity index is 1.66. The lowest BCUT2D eigenvalue weighted by Crippen LogP contribution is -2.26. The first kappa shape index (κ1) is 19.5. The molecule has 0 radical (unpaired) electrons. The van der Waals surface area contributed by atoms with Gasteiger partial charge < -0.3 is 10.1 Å². The smallest absolute Gasteiger partial charge is 0.252 e. The number of hydrogen-bond donors (Lipinski definition) is 2. The highest BCUT2D eigenvalue weighted by Gasteiger charge is 2.08. The van der Waals surface area contributed by atoms with Crippen molar-refractivity contribution in [3.8, 4) is 5.75 Å². The van der Waals surface area contributed by atoms with Gasteiger partial charge in [-0.15, -0.1) is 0 Å². The van der Waals surface area contributed by atoms with E-state index >= 15 is 0 Å². The molecule has 0 saturated carbocycles. The van der Waals surface area contributed by atoms with E-state index in [9.17, 15) is 9.59 Å². The fraction of sp³-hybridized carbons (Fsp3) is 0.211. The second kappa shape index (κ2) is 10.2. The lowest BCUT2D eigenvalue weighted by Gasteiger charge is -2.06. The molecular formula is C19H20ClN3O3. The third-order valence-corrected chi connectivity index (χ3v) is 3.83. The maximum Gasteiger partial charge on any atom is 0.252 e. The molecule has 2 aromatic rings. The first-order chi connectivity index (χ1) is 12.6. The molecule has 0 aromatic heterocycles. The van der Waals surface area contributed by atoms with E-state index in [2.05, 4.69) is 15.8 Å². The van der Waals surface area contributed by atoms with Crippen LogP contribution in [0.25, 0.3) is 0 Å². The molecule has 7 heteroatoms.